The summed E-state index contributed by atoms with van der Waals surface area (Å²) < 4.78 is 1.04. The summed E-state index contributed by atoms with van der Waals surface area (Å²) in [5.41, 5.74) is 1.11. The van der Waals surface area contributed by atoms with Gasteiger partial charge in [-0.1, -0.05) is 27.5 Å². The first-order valence-corrected chi connectivity index (χ1v) is 7.76. The Hall–Kier alpha value is -0.580. The molecule has 1 amide bonds. The average Bonchev–Trinajstić information content (AvgIpc) is 2.92. The maximum atomic E-state index is 11.8. The van der Waals surface area contributed by atoms with E-state index >= 15 is 0 Å². The molecule has 1 fully saturated rings. The molecule has 0 spiro atoms. The third-order valence-corrected chi connectivity index (χ3v) is 4.31. The zero-order valence-corrected chi connectivity index (χ0v) is 13.1. The Kier molecular flexibility index (Phi) is 5.67. The Balaban J connectivity index is 1.71. The van der Waals surface area contributed by atoms with E-state index in [1.807, 2.05) is 23.1 Å². The van der Waals surface area contributed by atoms with Crippen molar-refractivity contribution in [1.82, 2.24) is 10.2 Å². The van der Waals surface area contributed by atoms with E-state index in [0.29, 0.717) is 19.5 Å². The second-order valence-corrected chi connectivity index (χ2v) is 6.04. The fourth-order valence-corrected chi connectivity index (χ4v) is 2.80. The molecule has 19 heavy (non-hydrogen) atoms. The number of nitrogens with zero attached hydrogens (tertiary/aromatic N) is 1. The van der Waals surface area contributed by atoms with Crippen LogP contribution in [0.15, 0.2) is 22.7 Å². The third kappa shape index (κ3) is 4.48. The molecule has 0 saturated carbocycles. The van der Waals surface area contributed by atoms with Gasteiger partial charge >= 0.3 is 0 Å². The summed E-state index contributed by atoms with van der Waals surface area (Å²) in [5, 5.41) is 4.02. The predicted molar refractivity (Wildman–Crippen MR) is 81.3 cm³/mol. The topological polar surface area (TPSA) is 32.3 Å². The zero-order chi connectivity index (χ0) is 13.7. The minimum absolute atomic E-state index is 0.259. The van der Waals surface area contributed by atoms with E-state index in [-0.39, 0.29) is 5.91 Å². The van der Waals surface area contributed by atoms with Crippen molar-refractivity contribution < 1.29 is 4.79 Å². The molecule has 1 saturated heterocycles. The summed E-state index contributed by atoms with van der Waals surface area (Å²) in [5.74, 6) is 0.259. The van der Waals surface area contributed by atoms with Crippen LogP contribution in [-0.2, 0) is 11.3 Å². The van der Waals surface area contributed by atoms with Crippen LogP contribution in [0.1, 0.15) is 24.8 Å². The number of carbonyl (C=O) groups excluding carboxylic acids is 1. The number of likely N-dealkylation sites (tertiary alicyclic amines) is 1. The molecule has 0 aliphatic carbocycles. The lowest BCUT2D eigenvalue weighted by atomic mass is 10.2. The number of benzene rings is 1. The SMILES string of the molecule is O=C(CCNCc1cc(Cl)ccc1Br)N1CCCC1. The van der Waals surface area contributed by atoms with Crippen molar-refractivity contribution in [3.63, 3.8) is 0 Å². The van der Waals surface area contributed by atoms with Crippen molar-refractivity contribution in [2.75, 3.05) is 19.6 Å². The van der Waals surface area contributed by atoms with E-state index in [1.165, 1.54) is 0 Å². The number of carbonyl (C=O) groups is 1. The maximum Gasteiger partial charge on any atom is 0.223 e. The number of hydrogen-bond acceptors (Lipinski definition) is 2. The normalized spacial score (nSPS) is 14.9. The highest BCUT2D eigenvalue weighted by molar-refractivity contribution is 9.10. The Morgan fingerprint density at radius 3 is 2.84 bits per heavy atom. The summed E-state index contributed by atoms with van der Waals surface area (Å²) in [6.07, 6.45) is 2.86. The van der Waals surface area contributed by atoms with Gasteiger partial charge in [-0.15, -0.1) is 0 Å². The summed E-state index contributed by atoms with van der Waals surface area (Å²) >= 11 is 9.45. The molecular formula is C14H18BrClN2O. The van der Waals surface area contributed by atoms with E-state index < -0.39 is 0 Å². The van der Waals surface area contributed by atoms with Crippen molar-refractivity contribution in [2.24, 2.45) is 0 Å². The second kappa shape index (κ2) is 7.27. The lowest BCUT2D eigenvalue weighted by Gasteiger charge is -2.15. The number of amides is 1. The van der Waals surface area contributed by atoms with Crippen LogP contribution in [0.2, 0.25) is 5.02 Å². The predicted octanol–water partition coefficient (Wildman–Crippen LogP) is 3.20. The van der Waals surface area contributed by atoms with Gasteiger partial charge in [0.1, 0.15) is 0 Å². The number of rotatable bonds is 5. The van der Waals surface area contributed by atoms with Gasteiger partial charge in [0.15, 0.2) is 0 Å². The van der Waals surface area contributed by atoms with Crippen LogP contribution in [0.5, 0.6) is 0 Å². The lowest BCUT2D eigenvalue weighted by Crippen LogP contribution is -2.30. The smallest absolute Gasteiger partial charge is 0.223 e. The molecule has 1 heterocycles. The Morgan fingerprint density at radius 1 is 1.37 bits per heavy atom. The Labute approximate surface area is 127 Å². The van der Waals surface area contributed by atoms with Crippen molar-refractivity contribution in [2.45, 2.75) is 25.8 Å². The first-order valence-electron chi connectivity index (χ1n) is 6.59. The molecule has 3 nitrogen and oxygen atoms in total. The third-order valence-electron chi connectivity index (χ3n) is 3.30. The molecule has 0 radical (unpaired) electrons. The molecule has 1 N–H and O–H groups in total. The zero-order valence-electron chi connectivity index (χ0n) is 10.8. The van der Waals surface area contributed by atoms with Crippen LogP contribution in [-0.4, -0.2) is 30.4 Å². The van der Waals surface area contributed by atoms with Gasteiger partial charge in [0.2, 0.25) is 5.91 Å². The van der Waals surface area contributed by atoms with Gasteiger partial charge in [0.05, 0.1) is 0 Å². The minimum atomic E-state index is 0.259. The van der Waals surface area contributed by atoms with E-state index in [1.54, 1.807) is 0 Å². The van der Waals surface area contributed by atoms with Crippen LogP contribution in [0, 0.1) is 0 Å². The molecule has 2 rings (SSSR count). The molecule has 5 heteroatoms. The summed E-state index contributed by atoms with van der Waals surface area (Å²) in [6.45, 7) is 3.28. The van der Waals surface area contributed by atoms with Crippen molar-refractivity contribution in [3.05, 3.63) is 33.3 Å². The lowest BCUT2D eigenvalue weighted by molar-refractivity contribution is -0.130. The van der Waals surface area contributed by atoms with Gasteiger partial charge in [0, 0.05) is 42.1 Å². The quantitative estimate of drug-likeness (QED) is 0.831. The monoisotopic (exact) mass is 344 g/mol. The molecular weight excluding hydrogens is 328 g/mol. The molecule has 1 aliphatic heterocycles. The second-order valence-electron chi connectivity index (χ2n) is 4.75. The average molecular weight is 346 g/mol. The van der Waals surface area contributed by atoms with Crippen molar-refractivity contribution in [1.29, 1.82) is 0 Å². The summed E-state index contributed by atoms with van der Waals surface area (Å²) in [6, 6.07) is 5.72. The fraction of sp³-hybridized carbons (Fsp3) is 0.500. The van der Waals surface area contributed by atoms with E-state index in [2.05, 4.69) is 21.2 Å². The molecule has 0 bridgehead atoms. The first kappa shape index (κ1) is 14.8. The molecule has 1 aromatic carbocycles. The van der Waals surface area contributed by atoms with Gasteiger partial charge in [-0.05, 0) is 36.6 Å². The van der Waals surface area contributed by atoms with Crippen LogP contribution < -0.4 is 5.32 Å². The van der Waals surface area contributed by atoms with Gasteiger partial charge in [0.25, 0.3) is 0 Å². The Bertz CT molecular complexity index is 447. The molecule has 0 unspecified atom stereocenters. The Morgan fingerprint density at radius 2 is 2.11 bits per heavy atom. The highest BCUT2D eigenvalue weighted by atomic mass is 79.9. The molecule has 0 aromatic heterocycles. The van der Waals surface area contributed by atoms with Crippen LogP contribution >= 0.6 is 27.5 Å². The largest absolute Gasteiger partial charge is 0.343 e. The van der Waals surface area contributed by atoms with Gasteiger partial charge < -0.3 is 10.2 Å². The van der Waals surface area contributed by atoms with Gasteiger partial charge in [-0.3, -0.25) is 4.79 Å². The van der Waals surface area contributed by atoms with E-state index in [0.717, 1.165) is 41.0 Å². The van der Waals surface area contributed by atoms with Gasteiger partial charge in [-0.25, -0.2) is 0 Å². The highest BCUT2D eigenvalue weighted by Crippen LogP contribution is 2.20. The van der Waals surface area contributed by atoms with Crippen LogP contribution in [0.4, 0.5) is 0 Å². The summed E-state index contributed by atoms with van der Waals surface area (Å²) in [4.78, 5) is 13.8. The number of nitrogens with one attached hydrogen (secondary N) is 1. The fourth-order valence-electron chi connectivity index (χ4n) is 2.22. The number of halogens is 2. The van der Waals surface area contributed by atoms with Crippen LogP contribution in [0.3, 0.4) is 0 Å². The van der Waals surface area contributed by atoms with Gasteiger partial charge in [-0.2, -0.15) is 0 Å². The van der Waals surface area contributed by atoms with Crippen LogP contribution in [0.25, 0.3) is 0 Å². The first-order chi connectivity index (χ1) is 9.16. The molecule has 0 atom stereocenters. The highest BCUT2D eigenvalue weighted by Gasteiger charge is 2.16. The van der Waals surface area contributed by atoms with E-state index in [9.17, 15) is 4.79 Å². The van der Waals surface area contributed by atoms with E-state index in [4.69, 9.17) is 11.6 Å². The molecule has 1 aliphatic rings. The molecule has 1 aromatic rings. The minimum Gasteiger partial charge on any atom is -0.343 e. The number of hydrogen-bond donors (Lipinski definition) is 1. The standard InChI is InChI=1S/C14H18BrClN2O/c15-13-4-3-12(16)9-11(13)10-17-6-5-14(19)18-7-1-2-8-18/h3-4,9,17H,1-2,5-8,10H2. The summed E-state index contributed by atoms with van der Waals surface area (Å²) in [7, 11) is 0. The van der Waals surface area contributed by atoms with Crippen molar-refractivity contribution >= 4 is 33.4 Å². The van der Waals surface area contributed by atoms with Crippen molar-refractivity contribution in [3.8, 4) is 0 Å². The maximum absolute atomic E-state index is 11.8. The molecule has 104 valence electrons.